The van der Waals surface area contributed by atoms with Gasteiger partial charge in [-0.05, 0) is 61.0 Å². The second kappa shape index (κ2) is 11.8. The fourth-order valence-electron chi connectivity index (χ4n) is 4.68. The Hall–Kier alpha value is -3.56. The summed E-state index contributed by atoms with van der Waals surface area (Å²) < 4.78 is 135. The lowest BCUT2D eigenvalue weighted by Gasteiger charge is -2.32. The van der Waals surface area contributed by atoms with Crippen molar-refractivity contribution in [2.24, 2.45) is 5.10 Å². The fourth-order valence-corrected chi connectivity index (χ4v) is 5.99. The Morgan fingerprint density at radius 3 is 1.98 bits per heavy atom. The lowest BCUT2D eigenvalue weighted by Crippen LogP contribution is -2.62. The first-order chi connectivity index (χ1) is 20.0. The third-order valence-corrected chi connectivity index (χ3v) is 8.80. The van der Waals surface area contributed by atoms with Crippen LogP contribution in [0.15, 0.2) is 76.7 Å². The highest BCUT2D eigenvalue weighted by atomic mass is 32.2. The normalized spacial score (nSPS) is 16.5. The number of alkyl halides is 6. The largest absolute Gasteiger partial charge is 0.431 e. The van der Waals surface area contributed by atoms with Crippen LogP contribution in [0.1, 0.15) is 24.4 Å². The highest BCUT2D eigenvalue weighted by Crippen LogP contribution is 2.49. The number of hydrogen-bond acceptors (Lipinski definition) is 6. The van der Waals surface area contributed by atoms with E-state index in [9.17, 15) is 48.6 Å². The second-order valence-electron chi connectivity index (χ2n) is 9.84. The van der Waals surface area contributed by atoms with Gasteiger partial charge in [0.25, 0.3) is 5.60 Å². The van der Waals surface area contributed by atoms with Crippen LogP contribution in [0.3, 0.4) is 0 Å². The minimum atomic E-state index is -6.21. The highest BCUT2D eigenvalue weighted by molar-refractivity contribution is 7.91. The molecule has 0 amide bonds. The van der Waals surface area contributed by atoms with Gasteiger partial charge in [-0.25, -0.2) is 17.2 Å². The average Bonchev–Trinajstić information content (AvgIpc) is 3.37. The Labute approximate surface area is 241 Å². The van der Waals surface area contributed by atoms with Crippen LogP contribution in [0.2, 0.25) is 0 Å². The van der Waals surface area contributed by atoms with Crippen LogP contribution in [0.5, 0.6) is 0 Å². The van der Waals surface area contributed by atoms with Crippen molar-refractivity contribution in [2.75, 3.05) is 24.4 Å². The van der Waals surface area contributed by atoms with Crippen molar-refractivity contribution in [2.45, 2.75) is 41.7 Å². The van der Waals surface area contributed by atoms with Crippen molar-refractivity contribution >= 4 is 21.2 Å². The van der Waals surface area contributed by atoms with Gasteiger partial charge in [-0.3, -0.25) is 5.01 Å². The van der Waals surface area contributed by atoms with Gasteiger partial charge in [-0.2, -0.15) is 31.4 Å². The molecule has 1 unspecified atom stereocenters. The molecule has 1 atom stereocenters. The number of nitrogens with zero attached hydrogens (tertiary/aromatic N) is 2. The number of benzene rings is 3. The van der Waals surface area contributed by atoms with Gasteiger partial charge in [0.1, 0.15) is 5.82 Å². The summed E-state index contributed by atoms with van der Waals surface area (Å²) >= 11 is 0. The van der Waals surface area contributed by atoms with Crippen LogP contribution in [0.4, 0.5) is 40.8 Å². The molecule has 43 heavy (non-hydrogen) atoms. The smallest absolute Gasteiger partial charge is 0.369 e. The summed E-state index contributed by atoms with van der Waals surface area (Å²) in [6, 6.07) is 12.2. The van der Waals surface area contributed by atoms with Gasteiger partial charge in [0.05, 0.1) is 28.1 Å². The monoisotopic (exact) mass is 635 g/mol. The molecule has 15 heteroatoms. The van der Waals surface area contributed by atoms with Crippen LogP contribution in [0.25, 0.3) is 11.1 Å². The maximum Gasteiger partial charge on any atom is 0.431 e. The standard InChI is InChI=1S/C28H25F8N3O3S/c1-37-13-2-14-43(41,42)21-10-7-18(8-11-21)17-3-5-19(6-4-17)24-16-25(26(40,27(31,32)33)28(34,35)36)38-39(24)23-12-9-20(29)15-22(23)30/h3-12,15,24,37,40H,2,13-14,16H2,1H3. The van der Waals surface area contributed by atoms with Crippen LogP contribution in [0, 0.1) is 11.6 Å². The van der Waals surface area contributed by atoms with Crippen LogP contribution < -0.4 is 10.3 Å². The molecule has 2 N–H and O–H groups in total. The Balaban J connectivity index is 1.68. The van der Waals surface area contributed by atoms with E-state index in [1.54, 1.807) is 19.2 Å². The van der Waals surface area contributed by atoms with E-state index in [1.165, 1.54) is 36.4 Å². The summed E-state index contributed by atoms with van der Waals surface area (Å²) in [6.45, 7) is 0.522. The van der Waals surface area contributed by atoms with Gasteiger partial charge in [0.15, 0.2) is 15.7 Å². The van der Waals surface area contributed by atoms with Gasteiger partial charge in [0, 0.05) is 12.5 Å². The van der Waals surface area contributed by atoms with E-state index in [0.717, 1.165) is 12.1 Å². The minimum Gasteiger partial charge on any atom is -0.369 e. The third-order valence-electron chi connectivity index (χ3n) is 6.99. The Kier molecular flexibility index (Phi) is 8.91. The SMILES string of the molecule is CNCCCS(=O)(=O)c1ccc(-c2ccc(C3CC(C(O)(C(F)(F)F)C(F)(F)F)=NN3c3ccc(F)cc3F)cc2)cc1. The first-order valence-corrected chi connectivity index (χ1v) is 14.4. The predicted octanol–water partition coefficient (Wildman–Crippen LogP) is 6.18. The number of aliphatic hydroxyl groups is 1. The lowest BCUT2D eigenvalue weighted by atomic mass is 9.89. The third kappa shape index (κ3) is 6.38. The molecule has 232 valence electrons. The molecular formula is C28H25F8N3O3S. The molecule has 1 aliphatic heterocycles. The summed E-state index contributed by atoms with van der Waals surface area (Å²) in [4.78, 5) is 0.110. The van der Waals surface area contributed by atoms with Crippen molar-refractivity contribution in [3.63, 3.8) is 0 Å². The number of hydrogen-bond donors (Lipinski definition) is 2. The molecule has 0 aromatic heterocycles. The number of anilines is 1. The Morgan fingerprint density at radius 2 is 1.47 bits per heavy atom. The number of halogens is 8. The molecule has 0 saturated heterocycles. The van der Waals surface area contributed by atoms with Crippen LogP contribution in [-0.2, 0) is 9.84 Å². The molecule has 0 radical (unpaired) electrons. The molecule has 0 spiro atoms. The summed E-state index contributed by atoms with van der Waals surface area (Å²) in [6.07, 6.45) is -13.1. The molecular weight excluding hydrogens is 610 g/mol. The molecule has 3 aromatic carbocycles. The van der Waals surface area contributed by atoms with Crippen molar-refractivity contribution < 1.29 is 48.6 Å². The maximum atomic E-state index is 14.7. The van der Waals surface area contributed by atoms with Crippen LogP contribution in [-0.4, -0.2) is 56.5 Å². The van der Waals surface area contributed by atoms with Gasteiger partial charge in [0.2, 0.25) is 0 Å². The number of rotatable bonds is 9. The van der Waals surface area contributed by atoms with E-state index in [1.807, 2.05) is 0 Å². The topological polar surface area (TPSA) is 82.0 Å². The zero-order valence-electron chi connectivity index (χ0n) is 22.3. The van der Waals surface area contributed by atoms with E-state index < -0.39 is 63.3 Å². The molecule has 4 rings (SSSR count). The fraction of sp³-hybridized carbons (Fsp3) is 0.321. The first-order valence-electron chi connectivity index (χ1n) is 12.8. The van der Waals surface area contributed by atoms with E-state index in [-0.39, 0.29) is 16.2 Å². The summed E-state index contributed by atoms with van der Waals surface area (Å²) in [5.41, 5.74) is -6.43. The zero-order chi connectivity index (χ0) is 31.8. The molecule has 1 heterocycles. The van der Waals surface area contributed by atoms with Gasteiger partial charge >= 0.3 is 12.4 Å². The van der Waals surface area contributed by atoms with Crippen molar-refractivity contribution in [1.29, 1.82) is 0 Å². The lowest BCUT2D eigenvalue weighted by molar-refractivity contribution is -0.338. The number of hydrazone groups is 1. The Bertz CT molecular complexity index is 1580. The first kappa shape index (κ1) is 32.4. The summed E-state index contributed by atoms with van der Waals surface area (Å²) in [5, 5.41) is 16.8. The van der Waals surface area contributed by atoms with Crippen molar-refractivity contribution in [3.8, 4) is 11.1 Å². The van der Waals surface area contributed by atoms with Crippen molar-refractivity contribution in [1.82, 2.24) is 5.32 Å². The van der Waals surface area contributed by atoms with Crippen molar-refractivity contribution in [3.05, 3.63) is 83.9 Å². The molecule has 0 aliphatic carbocycles. The maximum absolute atomic E-state index is 14.7. The average molecular weight is 636 g/mol. The second-order valence-corrected chi connectivity index (χ2v) is 11.9. The van der Waals surface area contributed by atoms with E-state index in [2.05, 4.69) is 10.4 Å². The quantitative estimate of drug-likeness (QED) is 0.217. The van der Waals surface area contributed by atoms with Crippen LogP contribution >= 0.6 is 0 Å². The van der Waals surface area contributed by atoms with Gasteiger partial charge in [-0.1, -0.05) is 36.4 Å². The highest BCUT2D eigenvalue weighted by Gasteiger charge is 2.74. The summed E-state index contributed by atoms with van der Waals surface area (Å²) in [5.74, 6) is -2.39. The molecule has 0 saturated carbocycles. The summed E-state index contributed by atoms with van der Waals surface area (Å²) in [7, 11) is -1.82. The number of nitrogens with one attached hydrogen (secondary N) is 1. The van der Waals surface area contributed by atoms with Gasteiger partial charge in [-0.15, -0.1) is 0 Å². The van der Waals surface area contributed by atoms with E-state index in [4.69, 9.17) is 0 Å². The zero-order valence-corrected chi connectivity index (χ0v) is 23.2. The Morgan fingerprint density at radius 1 is 0.907 bits per heavy atom. The minimum absolute atomic E-state index is 0.0592. The molecule has 0 fully saturated rings. The molecule has 6 nitrogen and oxygen atoms in total. The molecule has 0 bridgehead atoms. The predicted molar refractivity (Wildman–Crippen MR) is 143 cm³/mol. The number of sulfone groups is 1. The molecule has 1 aliphatic rings. The molecule has 3 aromatic rings. The van der Waals surface area contributed by atoms with Gasteiger partial charge < -0.3 is 10.4 Å². The van der Waals surface area contributed by atoms with E-state index >= 15 is 0 Å². The van der Waals surface area contributed by atoms with E-state index in [0.29, 0.717) is 35.2 Å².